The number of rotatable bonds is 4. The van der Waals surface area contributed by atoms with Gasteiger partial charge in [-0.15, -0.1) is 11.3 Å². The molecule has 0 fully saturated rings. The molecule has 0 saturated heterocycles. The Kier molecular flexibility index (Phi) is 3.41. The molecule has 1 aromatic heterocycles. The number of hydrogen-bond donors (Lipinski definition) is 2. The molecule has 0 amide bonds. The molecule has 0 atom stereocenters. The maximum Gasteiger partial charge on any atom is 0.185 e. The van der Waals surface area contributed by atoms with Crippen LogP contribution in [0.15, 0.2) is 34.6 Å². The van der Waals surface area contributed by atoms with Gasteiger partial charge in [0.2, 0.25) is 0 Å². The molecule has 84 valence electrons. The Balaban J connectivity index is 2.02. The monoisotopic (exact) mass is 233 g/mol. The minimum atomic E-state index is 0.177. The molecule has 0 saturated carbocycles. The Bertz CT molecular complexity index is 498. The summed E-state index contributed by atoms with van der Waals surface area (Å²) in [6, 6.07) is 8.46. The van der Waals surface area contributed by atoms with Crippen LogP contribution in [0.1, 0.15) is 11.3 Å². The van der Waals surface area contributed by atoms with Gasteiger partial charge in [-0.2, -0.15) is 0 Å². The first-order valence-electron chi connectivity index (χ1n) is 5.28. The molecule has 2 rings (SSSR count). The Morgan fingerprint density at radius 1 is 1.25 bits per heavy atom. The van der Waals surface area contributed by atoms with E-state index in [0.717, 1.165) is 12.8 Å². The van der Waals surface area contributed by atoms with Crippen LogP contribution in [0.5, 0.6) is 0 Å². The molecule has 3 nitrogen and oxygen atoms in total. The third kappa shape index (κ3) is 2.52. The molecule has 0 aliphatic carbocycles. The smallest absolute Gasteiger partial charge is 0.185 e. The normalized spacial score (nSPS) is 10.5. The number of fused-ring (bicyclic) bond motifs is 1. The molecule has 1 heterocycles. The molecule has 4 N–H and O–H groups in total. The highest BCUT2D eigenvalue weighted by Gasteiger charge is 2.02. The minimum absolute atomic E-state index is 0.177. The van der Waals surface area contributed by atoms with Crippen LogP contribution in [0.4, 0.5) is 0 Å². The first-order valence-corrected chi connectivity index (χ1v) is 6.16. The topological polar surface area (TPSA) is 64.4 Å². The predicted octanol–water partition coefficient (Wildman–Crippen LogP) is 2.11. The van der Waals surface area contributed by atoms with E-state index in [1.54, 1.807) is 0 Å². The van der Waals surface area contributed by atoms with Crippen molar-refractivity contribution < 1.29 is 0 Å². The van der Waals surface area contributed by atoms with E-state index in [1.807, 2.05) is 11.3 Å². The van der Waals surface area contributed by atoms with Crippen molar-refractivity contribution in [2.24, 2.45) is 16.5 Å². The lowest BCUT2D eigenvalue weighted by molar-refractivity contribution is 0.845. The van der Waals surface area contributed by atoms with E-state index in [9.17, 15) is 0 Å². The second-order valence-electron chi connectivity index (χ2n) is 3.66. The molecular formula is C12H15N3S. The number of nitrogens with zero attached hydrogens (tertiary/aromatic N) is 1. The molecule has 1 aromatic carbocycles. The van der Waals surface area contributed by atoms with Crippen LogP contribution in [0.25, 0.3) is 10.8 Å². The number of nitrogens with two attached hydrogens (primary N) is 2. The van der Waals surface area contributed by atoms with Gasteiger partial charge in [0.15, 0.2) is 5.96 Å². The van der Waals surface area contributed by atoms with E-state index >= 15 is 0 Å². The van der Waals surface area contributed by atoms with Crippen molar-refractivity contribution in [3.63, 3.8) is 0 Å². The number of aliphatic imine (C=N–C) groups is 1. The van der Waals surface area contributed by atoms with E-state index in [4.69, 9.17) is 11.5 Å². The molecule has 0 unspecified atom stereocenters. The van der Waals surface area contributed by atoms with Gasteiger partial charge in [0.1, 0.15) is 0 Å². The van der Waals surface area contributed by atoms with Crippen LogP contribution in [0.3, 0.4) is 0 Å². The lowest BCUT2D eigenvalue weighted by atomic mass is 10.1. The van der Waals surface area contributed by atoms with Crippen molar-refractivity contribution in [2.45, 2.75) is 12.8 Å². The Labute approximate surface area is 98.8 Å². The van der Waals surface area contributed by atoms with Crippen molar-refractivity contribution >= 4 is 28.1 Å². The zero-order chi connectivity index (χ0) is 11.4. The van der Waals surface area contributed by atoms with Crippen LogP contribution in [0.2, 0.25) is 0 Å². The average Bonchev–Trinajstić information content (AvgIpc) is 2.68. The third-order valence-corrected chi connectivity index (χ3v) is 3.53. The predicted molar refractivity (Wildman–Crippen MR) is 70.8 cm³/mol. The first kappa shape index (κ1) is 11.0. The second kappa shape index (κ2) is 4.99. The minimum Gasteiger partial charge on any atom is -0.370 e. The second-order valence-corrected chi connectivity index (χ2v) is 4.62. The third-order valence-electron chi connectivity index (χ3n) is 2.45. The van der Waals surface area contributed by atoms with E-state index in [-0.39, 0.29) is 5.96 Å². The maximum atomic E-state index is 5.27. The van der Waals surface area contributed by atoms with Gasteiger partial charge in [-0.25, -0.2) is 0 Å². The fourth-order valence-corrected chi connectivity index (χ4v) is 2.74. The molecule has 0 aliphatic heterocycles. The lowest BCUT2D eigenvalue weighted by Crippen LogP contribution is -2.23. The zero-order valence-electron chi connectivity index (χ0n) is 9.02. The fraction of sp³-hybridized carbons (Fsp3) is 0.250. The van der Waals surface area contributed by atoms with Gasteiger partial charge in [0.25, 0.3) is 0 Å². The van der Waals surface area contributed by atoms with Gasteiger partial charge >= 0.3 is 0 Å². The van der Waals surface area contributed by atoms with Crippen molar-refractivity contribution in [2.75, 3.05) is 6.54 Å². The lowest BCUT2D eigenvalue weighted by Gasteiger charge is -1.97. The van der Waals surface area contributed by atoms with Gasteiger partial charge in [0, 0.05) is 11.4 Å². The Morgan fingerprint density at radius 2 is 2.06 bits per heavy atom. The van der Waals surface area contributed by atoms with Gasteiger partial charge < -0.3 is 11.5 Å². The van der Waals surface area contributed by atoms with Crippen molar-refractivity contribution in [1.29, 1.82) is 0 Å². The van der Waals surface area contributed by atoms with Crippen molar-refractivity contribution in [3.05, 3.63) is 34.5 Å². The van der Waals surface area contributed by atoms with Crippen molar-refractivity contribution in [1.82, 2.24) is 0 Å². The van der Waals surface area contributed by atoms with Crippen LogP contribution >= 0.6 is 11.3 Å². The number of thiophene rings is 1. The Morgan fingerprint density at radius 3 is 2.88 bits per heavy atom. The highest BCUT2D eigenvalue weighted by molar-refractivity contribution is 7.11. The van der Waals surface area contributed by atoms with Crippen molar-refractivity contribution in [3.8, 4) is 0 Å². The summed E-state index contributed by atoms with van der Waals surface area (Å²) in [5, 5.41) is 4.88. The standard InChI is InChI=1S/C12H15N3S/c13-12(14)15-7-3-6-11-10-5-2-1-4-9(10)8-16-11/h1-2,4-5,8H,3,6-7H2,(H4,13,14,15). The van der Waals surface area contributed by atoms with Crippen LogP contribution in [-0.4, -0.2) is 12.5 Å². The Hall–Kier alpha value is -1.55. The number of benzene rings is 1. The largest absolute Gasteiger partial charge is 0.370 e. The van der Waals surface area contributed by atoms with E-state index < -0.39 is 0 Å². The van der Waals surface area contributed by atoms with Gasteiger partial charge in [-0.05, 0) is 29.0 Å². The molecule has 0 spiro atoms. The maximum absolute atomic E-state index is 5.27. The van der Waals surface area contributed by atoms with Gasteiger partial charge in [-0.1, -0.05) is 24.3 Å². The SMILES string of the molecule is NC(N)=NCCCc1scc2ccccc12. The summed E-state index contributed by atoms with van der Waals surface area (Å²) < 4.78 is 0. The number of guanidine groups is 1. The molecule has 4 heteroatoms. The zero-order valence-corrected chi connectivity index (χ0v) is 9.83. The highest BCUT2D eigenvalue weighted by Crippen LogP contribution is 2.26. The van der Waals surface area contributed by atoms with Gasteiger partial charge in [0.05, 0.1) is 0 Å². The quantitative estimate of drug-likeness (QED) is 0.482. The molecule has 0 bridgehead atoms. The molecule has 2 aromatic rings. The summed E-state index contributed by atoms with van der Waals surface area (Å²) in [6.07, 6.45) is 2.03. The van der Waals surface area contributed by atoms with Gasteiger partial charge in [-0.3, -0.25) is 4.99 Å². The summed E-state index contributed by atoms with van der Waals surface area (Å²) in [4.78, 5) is 5.40. The van der Waals surface area contributed by atoms with E-state index in [2.05, 4.69) is 34.6 Å². The van der Waals surface area contributed by atoms with E-state index in [1.165, 1.54) is 15.6 Å². The van der Waals surface area contributed by atoms with Crippen LogP contribution < -0.4 is 11.5 Å². The number of hydrogen-bond acceptors (Lipinski definition) is 2. The number of aryl methyl sites for hydroxylation is 1. The first-order chi connectivity index (χ1) is 7.77. The molecular weight excluding hydrogens is 218 g/mol. The fourth-order valence-electron chi connectivity index (χ4n) is 1.69. The molecule has 16 heavy (non-hydrogen) atoms. The van der Waals surface area contributed by atoms with Crippen LogP contribution in [0, 0.1) is 0 Å². The summed E-state index contributed by atoms with van der Waals surface area (Å²) in [7, 11) is 0. The summed E-state index contributed by atoms with van der Waals surface area (Å²) in [6.45, 7) is 0.703. The average molecular weight is 233 g/mol. The summed E-state index contributed by atoms with van der Waals surface area (Å²) in [5.74, 6) is 0.177. The van der Waals surface area contributed by atoms with Crippen LogP contribution in [-0.2, 0) is 6.42 Å². The summed E-state index contributed by atoms with van der Waals surface area (Å²) in [5.41, 5.74) is 10.5. The van der Waals surface area contributed by atoms with E-state index in [0.29, 0.717) is 6.54 Å². The highest BCUT2D eigenvalue weighted by atomic mass is 32.1. The summed E-state index contributed by atoms with van der Waals surface area (Å²) >= 11 is 1.81. The molecule has 0 radical (unpaired) electrons. The molecule has 0 aliphatic rings.